The van der Waals surface area contributed by atoms with Gasteiger partial charge in [-0.15, -0.1) is 0 Å². The predicted octanol–water partition coefficient (Wildman–Crippen LogP) is 0.420. The van der Waals surface area contributed by atoms with E-state index in [4.69, 9.17) is 0 Å². The molecule has 0 aromatic heterocycles. The van der Waals surface area contributed by atoms with Crippen LogP contribution in [0.5, 0.6) is 0 Å². The molecule has 1 aliphatic rings. The zero-order valence-electron chi connectivity index (χ0n) is 10.1. The molecule has 0 radical (unpaired) electrons. The average molecular weight is 250 g/mol. The molecule has 1 rings (SSSR count). The largest absolute Gasteiger partial charge is 0.392 e. The maximum atomic E-state index is 12.2. The second kappa shape index (κ2) is 5.95. The van der Waals surface area contributed by atoms with E-state index in [1.165, 1.54) is 8.61 Å². The molecule has 0 saturated carbocycles. The molecule has 0 aromatic carbocycles. The second-order valence-electron chi connectivity index (χ2n) is 4.21. The van der Waals surface area contributed by atoms with E-state index in [0.717, 1.165) is 12.8 Å². The van der Waals surface area contributed by atoms with E-state index < -0.39 is 16.3 Å². The Labute approximate surface area is 98.2 Å². The van der Waals surface area contributed by atoms with Gasteiger partial charge in [0.25, 0.3) is 10.2 Å². The molecule has 0 amide bonds. The number of aliphatic hydroxyl groups excluding tert-OH is 1. The molecule has 16 heavy (non-hydrogen) atoms. The fourth-order valence-electron chi connectivity index (χ4n) is 1.92. The zero-order chi connectivity index (χ0) is 12.2. The van der Waals surface area contributed by atoms with Gasteiger partial charge in [-0.3, -0.25) is 0 Å². The maximum Gasteiger partial charge on any atom is 0.282 e. The molecule has 0 unspecified atom stereocenters. The van der Waals surface area contributed by atoms with Crippen LogP contribution in [0.3, 0.4) is 0 Å². The highest BCUT2D eigenvalue weighted by Crippen LogP contribution is 2.17. The molecular formula is C10H22N2O3S. The molecule has 1 aliphatic heterocycles. The summed E-state index contributed by atoms with van der Waals surface area (Å²) >= 11 is 0. The molecule has 96 valence electrons. The fourth-order valence-corrected chi connectivity index (χ4v) is 3.77. The van der Waals surface area contributed by atoms with Crippen LogP contribution < -0.4 is 0 Å². The monoisotopic (exact) mass is 250 g/mol. The summed E-state index contributed by atoms with van der Waals surface area (Å²) in [7, 11) is -3.35. The Morgan fingerprint density at radius 2 is 1.88 bits per heavy atom. The molecule has 0 bridgehead atoms. The van der Waals surface area contributed by atoms with Crippen LogP contribution >= 0.6 is 0 Å². The molecule has 0 aromatic rings. The van der Waals surface area contributed by atoms with Crippen molar-refractivity contribution in [2.75, 3.05) is 26.2 Å². The lowest BCUT2D eigenvalue weighted by Crippen LogP contribution is -2.43. The molecule has 6 heteroatoms. The van der Waals surface area contributed by atoms with E-state index in [-0.39, 0.29) is 6.54 Å². The first-order valence-electron chi connectivity index (χ1n) is 5.95. The van der Waals surface area contributed by atoms with Crippen LogP contribution in [-0.4, -0.2) is 54.4 Å². The lowest BCUT2D eigenvalue weighted by atomic mass is 10.3. The Morgan fingerprint density at radius 1 is 1.31 bits per heavy atom. The first-order valence-corrected chi connectivity index (χ1v) is 7.35. The summed E-state index contributed by atoms with van der Waals surface area (Å²) in [6, 6.07) is 0. The number of hydrogen-bond acceptors (Lipinski definition) is 3. The van der Waals surface area contributed by atoms with Crippen LogP contribution in [0, 0.1) is 0 Å². The van der Waals surface area contributed by atoms with E-state index in [2.05, 4.69) is 0 Å². The quantitative estimate of drug-likeness (QED) is 0.743. The minimum absolute atomic E-state index is 0.242. The maximum absolute atomic E-state index is 12.2. The summed E-state index contributed by atoms with van der Waals surface area (Å²) in [5, 5.41) is 9.38. The normalized spacial score (nSPS) is 23.1. The highest BCUT2D eigenvalue weighted by molar-refractivity contribution is 7.86. The van der Waals surface area contributed by atoms with Crippen molar-refractivity contribution in [1.82, 2.24) is 8.61 Å². The van der Waals surface area contributed by atoms with Crippen molar-refractivity contribution >= 4 is 10.2 Å². The standard InChI is InChI=1S/C10H22N2O3S/c1-3-6-11(7-4-2)16(14,15)12-8-5-10(13)9-12/h10,13H,3-9H2,1-2H3/t10-/m0/s1. The van der Waals surface area contributed by atoms with Crippen LogP contribution in [0.15, 0.2) is 0 Å². The first kappa shape index (κ1) is 13.9. The van der Waals surface area contributed by atoms with Gasteiger partial charge in [-0.2, -0.15) is 17.0 Å². The minimum atomic E-state index is -3.35. The number of β-amino-alcohol motifs (C(OH)–C–C–N with tert-alkyl or cyclic N) is 1. The number of aliphatic hydroxyl groups is 1. The minimum Gasteiger partial charge on any atom is -0.392 e. The van der Waals surface area contributed by atoms with Gasteiger partial charge in [-0.1, -0.05) is 13.8 Å². The van der Waals surface area contributed by atoms with Gasteiger partial charge >= 0.3 is 0 Å². The molecule has 1 saturated heterocycles. The van der Waals surface area contributed by atoms with Crippen LogP contribution in [0.1, 0.15) is 33.1 Å². The highest BCUT2D eigenvalue weighted by atomic mass is 32.2. The van der Waals surface area contributed by atoms with E-state index in [1.807, 2.05) is 13.8 Å². The van der Waals surface area contributed by atoms with Gasteiger partial charge < -0.3 is 5.11 Å². The highest BCUT2D eigenvalue weighted by Gasteiger charge is 2.34. The smallest absolute Gasteiger partial charge is 0.282 e. The lowest BCUT2D eigenvalue weighted by molar-refractivity contribution is 0.188. The zero-order valence-corrected chi connectivity index (χ0v) is 10.9. The SMILES string of the molecule is CCCN(CCC)S(=O)(=O)N1CC[C@H](O)C1. The van der Waals surface area contributed by atoms with Gasteiger partial charge in [0.15, 0.2) is 0 Å². The molecule has 1 N–H and O–H groups in total. The van der Waals surface area contributed by atoms with Gasteiger partial charge in [0, 0.05) is 26.2 Å². The molecule has 1 heterocycles. The topological polar surface area (TPSA) is 60.9 Å². The number of hydrogen-bond donors (Lipinski definition) is 1. The van der Waals surface area contributed by atoms with Crippen LogP contribution in [0.4, 0.5) is 0 Å². The van der Waals surface area contributed by atoms with Crippen LogP contribution in [0.2, 0.25) is 0 Å². The van der Waals surface area contributed by atoms with Crippen molar-refractivity contribution in [2.45, 2.75) is 39.2 Å². The van der Waals surface area contributed by atoms with Crippen molar-refractivity contribution in [3.63, 3.8) is 0 Å². The molecule has 1 fully saturated rings. The summed E-state index contributed by atoms with van der Waals surface area (Å²) in [5.41, 5.74) is 0. The summed E-state index contributed by atoms with van der Waals surface area (Å²) in [6.07, 6.45) is 1.68. The van der Waals surface area contributed by atoms with E-state index in [9.17, 15) is 13.5 Å². The van der Waals surface area contributed by atoms with Crippen LogP contribution in [-0.2, 0) is 10.2 Å². The third-order valence-electron chi connectivity index (χ3n) is 2.72. The van der Waals surface area contributed by atoms with E-state index in [0.29, 0.717) is 26.1 Å². The van der Waals surface area contributed by atoms with Gasteiger partial charge in [0.1, 0.15) is 0 Å². The average Bonchev–Trinajstić information content (AvgIpc) is 2.65. The van der Waals surface area contributed by atoms with Crippen molar-refractivity contribution in [3.8, 4) is 0 Å². The Balaban J connectivity index is 2.72. The van der Waals surface area contributed by atoms with E-state index >= 15 is 0 Å². The molecule has 0 spiro atoms. The molecule has 1 atom stereocenters. The number of rotatable bonds is 6. The van der Waals surface area contributed by atoms with Crippen molar-refractivity contribution in [3.05, 3.63) is 0 Å². The lowest BCUT2D eigenvalue weighted by Gasteiger charge is -2.26. The number of nitrogens with zero attached hydrogens (tertiary/aromatic N) is 2. The second-order valence-corrected chi connectivity index (χ2v) is 6.14. The van der Waals surface area contributed by atoms with Crippen molar-refractivity contribution in [1.29, 1.82) is 0 Å². The summed E-state index contributed by atoms with van der Waals surface area (Å²) < 4.78 is 27.3. The Kier molecular flexibility index (Phi) is 5.17. The Hall–Kier alpha value is -0.170. The van der Waals surface area contributed by atoms with Crippen molar-refractivity contribution < 1.29 is 13.5 Å². The fraction of sp³-hybridized carbons (Fsp3) is 1.00. The van der Waals surface area contributed by atoms with Gasteiger partial charge in [0.05, 0.1) is 6.10 Å². The molecule has 5 nitrogen and oxygen atoms in total. The third kappa shape index (κ3) is 3.16. The predicted molar refractivity (Wildman–Crippen MR) is 63.3 cm³/mol. The summed E-state index contributed by atoms with van der Waals surface area (Å²) in [4.78, 5) is 0. The summed E-state index contributed by atoms with van der Waals surface area (Å²) in [5.74, 6) is 0. The Morgan fingerprint density at radius 3 is 2.25 bits per heavy atom. The Bertz CT molecular complexity index is 299. The van der Waals surface area contributed by atoms with Crippen LogP contribution in [0.25, 0.3) is 0 Å². The first-order chi connectivity index (χ1) is 7.52. The van der Waals surface area contributed by atoms with Crippen molar-refractivity contribution in [2.24, 2.45) is 0 Å². The third-order valence-corrected chi connectivity index (χ3v) is 4.73. The molecule has 0 aliphatic carbocycles. The molecular weight excluding hydrogens is 228 g/mol. The summed E-state index contributed by atoms with van der Waals surface area (Å²) in [6.45, 7) is 5.74. The van der Waals surface area contributed by atoms with E-state index in [1.54, 1.807) is 0 Å². The van der Waals surface area contributed by atoms with Gasteiger partial charge in [0.2, 0.25) is 0 Å². The van der Waals surface area contributed by atoms with Gasteiger partial charge in [-0.05, 0) is 19.3 Å². The van der Waals surface area contributed by atoms with Gasteiger partial charge in [-0.25, -0.2) is 0 Å².